The summed E-state index contributed by atoms with van der Waals surface area (Å²) in [7, 11) is 1.44. The minimum Gasteiger partial charge on any atom is -0.493 e. The lowest BCUT2D eigenvalue weighted by molar-refractivity contribution is 0.0693. The molecular weight excluding hydrogens is 274 g/mol. The molecule has 1 aromatic carbocycles. The summed E-state index contributed by atoms with van der Waals surface area (Å²) >= 11 is 0. The number of carboxylic acid groups (broad SMARTS) is 1. The van der Waals surface area contributed by atoms with Gasteiger partial charge < -0.3 is 19.3 Å². The smallest absolute Gasteiger partial charge is 0.339 e. The molecule has 0 spiro atoms. The zero-order chi connectivity index (χ0) is 15.2. The maximum absolute atomic E-state index is 11.3. The Kier molecular flexibility index (Phi) is 4.61. The second-order valence-corrected chi connectivity index (χ2v) is 3.99. The first-order valence-electron chi connectivity index (χ1n) is 6.33. The van der Waals surface area contributed by atoms with E-state index in [2.05, 4.69) is 4.98 Å². The number of rotatable bonds is 6. The third-order valence-corrected chi connectivity index (χ3v) is 2.63. The Labute approximate surface area is 121 Å². The molecule has 0 saturated heterocycles. The quantitative estimate of drug-likeness (QED) is 0.880. The lowest BCUT2D eigenvalue weighted by atomic mass is 10.2. The van der Waals surface area contributed by atoms with Gasteiger partial charge in [0.05, 0.1) is 13.7 Å². The van der Waals surface area contributed by atoms with Crippen molar-refractivity contribution in [2.45, 2.75) is 6.92 Å². The summed E-state index contributed by atoms with van der Waals surface area (Å²) < 4.78 is 16.0. The lowest BCUT2D eigenvalue weighted by Gasteiger charge is -2.12. The number of hydrogen-bond donors (Lipinski definition) is 1. The molecule has 0 bridgehead atoms. The van der Waals surface area contributed by atoms with Gasteiger partial charge in [0.15, 0.2) is 11.5 Å². The molecule has 0 atom stereocenters. The van der Waals surface area contributed by atoms with Crippen LogP contribution < -0.4 is 14.2 Å². The highest BCUT2D eigenvalue weighted by atomic mass is 16.5. The number of ether oxygens (including phenoxy) is 3. The fourth-order valence-electron chi connectivity index (χ4n) is 1.74. The summed E-state index contributed by atoms with van der Waals surface area (Å²) in [5.41, 5.74) is -0.00189. The number of aromatic carboxylic acids is 1. The van der Waals surface area contributed by atoms with Crippen LogP contribution in [-0.4, -0.2) is 29.8 Å². The van der Waals surface area contributed by atoms with E-state index < -0.39 is 5.97 Å². The van der Waals surface area contributed by atoms with Gasteiger partial charge in [0.1, 0.15) is 5.56 Å². The number of methoxy groups -OCH3 is 1. The van der Waals surface area contributed by atoms with Crippen LogP contribution in [0.4, 0.5) is 0 Å². The Bertz CT molecular complexity index is 642. The van der Waals surface area contributed by atoms with Crippen molar-refractivity contribution >= 4 is 5.97 Å². The molecule has 0 radical (unpaired) electrons. The van der Waals surface area contributed by atoms with Crippen LogP contribution in [0.5, 0.6) is 23.3 Å². The molecule has 1 N–H and O–H groups in total. The SMILES string of the molecule is CCOc1cccc(Oc2c(OC)cccc2C(=O)O)n1. The standard InChI is InChI=1S/C15H15NO5/c1-3-20-12-8-5-9-13(16-12)21-14-10(15(17)18)6-4-7-11(14)19-2/h4-9H,3H2,1-2H3,(H,17,18). The van der Waals surface area contributed by atoms with Crippen LogP contribution in [0.15, 0.2) is 36.4 Å². The normalized spacial score (nSPS) is 10.0. The Morgan fingerprint density at radius 2 is 1.90 bits per heavy atom. The second kappa shape index (κ2) is 6.60. The van der Waals surface area contributed by atoms with Crippen molar-refractivity contribution in [2.24, 2.45) is 0 Å². The summed E-state index contributed by atoms with van der Waals surface area (Å²) in [6.45, 7) is 2.32. The summed E-state index contributed by atoms with van der Waals surface area (Å²) in [5.74, 6) is -0.0493. The number of carboxylic acids is 1. The molecule has 1 aromatic heterocycles. The Balaban J connectivity index is 2.38. The molecule has 2 aromatic rings. The van der Waals surface area contributed by atoms with E-state index >= 15 is 0 Å². The van der Waals surface area contributed by atoms with Gasteiger partial charge in [-0.15, -0.1) is 0 Å². The number of carbonyl (C=O) groups is 1. The third kappa shape index (κ3) is 3.42. The molecule has 1 heterocycles. The van der Waals surface area contributed by atoms with Gasteiger partial charge in [-0.05, 0) is 19.1 Å². The Hall–Kier alpha value is -2.76. The summed E-state index contributed by atoms with van der Waals surface area (Å²) in [4.78, 5) is 15.4. The van der Waals surface area contributed by atoms with E-state index in [1.165, 1.54) is 13.2 Å². The van der Waals surface area contributed by atoms with Gasteiger partial charge in [-0.3, -0.25) is 0 Å². The van der Waals surface area contributed by atoms with Gasteiger partial charge in [0, 0.05) is 12.1 Å². The van der Waals surface area contributed by atoms with Gasteiger partial charge in [0.2, 0.25) is 11.8 Å². The number of hydrogen-bond acceptors (Lipinski definition) is 5. The fourth-order valence-corrected chi connectivity index (χ4v) is 1.74. The minimum atomic E-state index is -1.11. The highest BCUT2D eigenvalue weighted by Crippen LogP contribution is 2.34. The summed E-state index contributed by atoms with van der Waals surface area (Å²) in [6, 6.07) is 9.65. The molecule has 2 rings (SSSR count). The van der Waals surface area contributed by atoms with Crippen LogP contribution in [0.25, 0.3) is 0 Å². The molecule has 6 nitrogen and oxygen atoms in total. The van der Waals surface area contributed by atoms with E-state index in [-0.39, 0.29) is 17.2 Å². The second-order valence-electron chi connectivity index (χ2n) is 3.99. The third-order valence-electron chi connectivity index (χ3n) is 2.63. The van der Waals surface area contributed by atoms with E-state index in [0.717, 1.165) is 0 Å². The molecule has 0 saturated carbocycles. The van der Waals surface area contributed by atoms with Crippen LogP contribution in [0.3, 0.4) is 0 Å². The van der Waals surface area contributed by atoms with Crippen molar-refractivity contribution in [1.29, 1.82) is 0 Å². The van der Waals surface area contributed by atoms with E-state index in [4.69, 9.17) is 14.2 Å². The highest BCUT2D eigenvalue weighted by molar-refractivity contribution is 5.92. The van der Waals surface area contributed by atoms with Gasteiger partial charge in [-0.2, -0.15) is 4.98 Å². The molecule has 0 fully saturated rings. The molecule has 0 aliphatic heterocycles. The first kappa shape index (κ1) is 14.6. The molecule has 110 valence electrons. The van der Waals surface area contributed by atoms with Crippen molar-refractivity contribution in [1.82, 2.24) is 4.98 Å². The molecule has 6 heteroatoms. The van der Waals surface area contributed by atoms with E-state index in [9.17, 15) is 9.90 Å². The lowest BCUT2D eigenvalue weighted by Crippen LogP contribution is -2.03. The molecular formula is C15H15NO5. The maximum Gasteiger partial charge on any atom is 0.339 e. The number of aromatic nitrogens is 1. The van der Waals surface area contributed by atoms with Gasteiger partial charge in [-0.1, -0.05) is 12.1 Å². The van der Waals surface area contributed by atoms with Crippen molar-refractivity contribution in [3.8, 4) is 23.3 Å². The highest BCUT2D eigenvalue weighted by Gasteiger charge is 2.17. The zero-order valence-corrected chi connectivity index (χ0v) is 11.7. The monoisotopic (exact) mass is 289 g/mol. The topological polar surface area (TPSA) is 77.9 Å². The largest absolute Gasteiger partial charge is 0.493 e. The van der Waals surface area contributed by atoms with Gasteiger partial charge in [0.25, 0.3) is 0 Å². The Morgan fingerprint density at radius 3 is 2.57 bits per heavy atom. The number of nitrogens with zero attached hydrogens (tertiary/aromatic N) is 1. The van der Waals surface area contributed by atoms with Crippen LogP contribution in [0.1, 0.15) is 17.3 Å². The first-order valence-corrected chi connectivity index (χ1v) is 6.33. The van der Waals surface area contributed by atoms with Crippen molar-refractivity contribution < 1.29 is 24.1 Å². The summed E-state index contributed by atoms with van der Waals surface area (Å²) in [5, 5.41) is 9.22. The zero-order valence-electron chi connectivity index (χ0n) is 11.7. The van der Waals surface area contributed by atoms with Gasteiger partial charge in [-0.25, -0.2) is 4.79 Å². The predicted octanol–water partition coefficient (Wildman–Crippen LogP) is 2.98. The summed E-state index contributed by atoms with van der Waals surface area (Å²) in [6.07, 6.45) is 0. The van der Waals surface area contributed by atoms with Crippen LogP contribution in [-0.2, 0) is 0 Å². The molecule has 0 aliphatic carbocycles. The number of para-hydroxylation sites is 1. The molecule has 0 aliphatic rings. The maximum atomic E-state index is 11.3. The van der Waals surface area contributed by atoms with E-state index in [1.807, 2.05) is 6.92 Å². The van der Waals surface area contributed by atoms with Crippen molar-refractivity contribution in [3.05, 3.63) is 42.0 Å². The van der Waals surface area contributed by atoms with Crippen LogP contribution in [0.2, 0.25) is 0 Å². The van der Waals surface area contributed by atoms with Crippen molar-refractivity contribution in [3.63, 3.8) is 0 Å². The van der Waals surface area contributed by atoms with Crippen LogP contribution in [0, 0.1) is 0 Å². The van der Waals surface area contributed by atoms with Gasteiger partial charge >= 0.3 is 5.97 Å². The average molecular weight is 289 g/mol. The fraction of sp³-hybridized carbons (Fsp3) is 0.200. The molecule has 21 heavy (non-hydrogen) atoms. The average Bonchev–Trinajstić information content (AvgIpc) is 2.48. The predicted molar refractivity (Wildman–Crippen MR) is 75.4 cm³/mol. The molecule has 0 unspecified atom stereocenters. The number of benzene rings is 1. The minimum absolute atomic E-state index is 0.00189. The van der Waals surface area contributed by atoms with Crippen molar-refractivity contribution in [2.75, 3.05) is 13.7 Å². The number of pyridine rings is 1. The first-order chi connectivity index (χ1) is 10.2. The van der Waals surface area contributed by atoms with E-state index in [1.54, 1.807) is 30.3 Å². The Morgan fingerprint density at radius 1 is 1.19 bits per heavy atom. The van der Waals surface area contributed by atoms with E-state index in [0.29, 0.717) is 18.2 Å². The molecule has 0 amide bonds. The van der Waals surface area contributed by atoms with Crippen LogP contribution >= 0.6 is 0 Å².